The van der Waals surface area contributed by atoms with Crippen LogP contribution in [0.2, 0.25) is 10.0 Å². The van der Waals surface area contributed by atoms with E-state index < -0.39 is 0 Å². The number of fused-ring (bicyclic) bond motifs is 2. The van der Waals surface area contributed by atoms with Crippen molar-refractivity contribution in [1.29, 1.82) is 0 Å². The third-order valence-corrected chi connectivity index (χ3v) is 10.2. The molecule has 0 bridgehead atoms. The van der Waals surface area contributed by atoms with Crippen molar-refractivity contribution in [3.8, 4) is 56.4 Å². The predicted octanol–water partition coefficient (Wildman–Crippen LogP) is 11.7. The molecule has 8 nitrogen and oxygen atoms in total. The summed E-state index contributed by atoms with van der Waals surface area (Å²) in [6.45, 7) is 0. The molecule has 8 rings (SSSR count). The number of halogens is 2. The maximum absolute atomic E-state index is 6.20. The Hall–Kier alpha value is -5.99. The second-order valence-electron chi connectivity index (χ2n) is 12.7. The van der Waals surface area contributed by atoms with E-state index >= 15 is 0 Å². The van der Waals surface area contributed by atoms with Crippen LogP contribution in [0, 0.1) is 0 Å². The minimum atomic E-state index is 0. The van der Waals surface area contributed by atoms with E-state index in [0.29, 0.717) is 44.1 Å². The number of benzene rings is 6. The zero-order valence-electron chi connectivity index (χ0n) is 31.2. The quantitative estimate of drug-likeness (QED) is 0.0952. The van der Waals surface area contributed by atoms with Gasteiger partial charge in [0.2, 0.25) is 0 Å². The van der Waals surface area contributed by atoms with E-state index in [0.717, 1.165) is 66.7 Å². The van der Waals surface area contributed by atoms with Gasteiger partial charge in [-0.1, -0.05) is 83.9 Å². The van der Waals surface area contributed by atoms with E-state index in [1.165, 1.54) is 0 Å². The maximum atomic E-state index is 6.20. The zero-order chi connectivity index (χ0) is 38.8. The van der Waals surface area contributed by atoms with Crippen LogP contribution in [-0.4, -0.2) is 40.9 Å². The van der Waals surface area contributed by atoms with Crippen LogP contribution in [0.15, 0.2) is 132 Å². The summed E-state index contributed by atoms with van der Waals surface area (Å²) in [6, 6.07) is 34.9. The van der Waals surface area contributed by atoms with Gasteiger partial charge >= 0.3 is 16.5 Å². The number of aromatic nitrogens is 2. The summed E-state index contributed by atoms with van der Waals surface area (Å²) in [5.41, 5.74) is 9.88. The van der Waals surface area contributed by atoms with Gasteiger partial charge in [0.15, 0.2) is 0 Å². The van der Waals surface area contributed by atoms with E-state index in [-0.39, 0.29) is 16.5 Å². The second kappa shape index (κ2) is 17.0. The SMILES string of the molecule is COc1cc(OC)c2c(-c3ccc(Cl)cc3)c[n-]c2c1C=Nc1ccccc1-c1ccccc1N=Cc1c(OC)cc(OC)c2c(-c3ccc(Cl)cc3)c[n-]c12.[Ni+2]. The molecule has 0 unspecified atom stereocenters. The third kappa shape index (κ3) is 7.50. The Morgan fingerprint density at radius 3 is 1.21 bits per heavy atom. The first-order valence-corrected chi connectivity index (χ1v) is 18.4. The summed E-state index contributed by atoms with van der Waals surface area (Å²) < 4.78 is 23.3. The number of hydrogen-bond acceptors (Lipinski definition) is 6. The van der Waals surface area contributed by atoms with E-state index in [1.54, 1.807) is 40.9 Å². The van der Waals surface area contributed by atoms with Crippen LogP contribution in [0.25, 0.3) is 55.2 Å². The molecule has 2 aromatic heterocycles. The van der Waals surface area contributed by atoms with Gasteiger partial charge < -0.3 is 28.9 Å². The molecule has 0 radical (unpaired) electrons. The number of rotatable bonds is 11. The minimum Gasteiger partial charge on any atom is -0.662 e. The largest absolute Gasteiger partial charge is 2.00 e. The molecule has 6 aromatic carbocycles. The molecule has 0 saturated carbocycles. The monoisotopic (exact) mass is 834 g/mol. The molecule has 0 amide bonds. The third-order valence-electron chi connectivity index (χ3n) is 9.67. The summed E-state index contributed by atoms with van der Waals surface area (Å²) in [5.74, 6) is 2.46. The first kappa shape index (κ1) is 39.3. The van der Waals surface area contributed by atoms with Crippen molar-refractivity contribution in [3.05, 3.63) is 143 Å². The molecule has 57 heavy (non-hydrogen) atoms. The maximum Gasteiger partial charge on any atom is 2.00 e. The summed E-state index contributed by atoms with van der Waals surface area (Å²) in [4.78, 5) is 19.7. The predicted molar refractivity (Wildman–Crippen MR) is 228 cm³/mol. The molecule has 0 N–H and O–H groups in total. The summed E-state index contributed by atoms with van der Waals surface area (Å²) in [7, 11) is 6.52. The van der Waals surface area contributed by atoms with Gasteiger partial charge in [0, 0.05) is 67.6 Å². The molecule has 0 aliphatic heterocycles. The van der Waals surface area contributed by atoms with Crippen molar-refractivity contribution in [2.75, 3.05) is 28.4 Å². The fourth-order valence-corrected chi connectivity index (χ4v) is 7.20. The second-order valence-corrected chi connectivity index (χ2v) is 13.6. The molecule has 0 atom stereocenters. The van der Waals surface area contributed by atoms with Gasteiger partial charge in [-0.3, -0.25) is 9.98 Å². The number of aliphatic imine (C=N–C) groups is 2. The van der Waals surface area contributed by atoms with Crippen LogP contribution in [0.3, 0.4) is 0 Å². The van der Waals surface area contributed by atoms with E-state index in [9.17, 15) is 0 Å². The van der Waals surface area contributed by atoms with Gasteiger partial charge in [0.05, 0.1) is 39.8 Å². The molecule has 0 aliphatic rings. The Morgan fingerprint density at radius 1 is 0.474 bits per heavy atom. The molecule has 0 saturated heterocycles. The molecule has 0 fully saturated rings. The van der Waals surface area contributed by atoms with Crippen molar-refractivity contribution in [1.82, 2.24) is 9.97 Å². The first-order chi connectivity index (χ1) is 27.4. The van der Waals surface area contributed by atoms with Crippen LogP contribution in [0.1, 0.15) is 11.1 Å². The molecular formula is C46H34Cl2N4NiO4. The van der Waals surface area contributed by atoms with Crippen molar-refractivity contribution in [2.45, 2.75) is 0 Å². The summed E-state index contributed by atoms with van der Waals surface area (Å²) >= 11 is 12.4. The van der Waals surface area contributed by atoms with Crippen molar-refractivity contribution < 1.29 is 35.4 Å². The fraction of sp³-hybridized carbons (Fsp3) is 0.0870. The number of para-hydroxylation sites is 2. The van der Waals surface area contributed by atoms with Crippen LogP contribution in [-0.2, 0) is 16.5 Å². The Bertz CT molecular complexity index is 2590. The van der Waals surface area contributed by atoms with Gasteiger partial charge in [-0.05, 0) is 58.7 Å². The van der Waals surface area contributed by atoms with Crippen LogP contribution in [0.4, 0.5) is 11.4 Å². The van der Waals surface area contributed by atoms with Crippen molar-refractivity contribution >= 4 is 68.8 Å². The van der Waals surface area contributed by atoms with Gasteiger partial charge in [-0.2, -0.15) is 12.4 Å². The van der Waals surface area contributed by atoms with Crippen molar-refractivity contribution in [3.63, 3.8) is 0 Å². The molecule has 0 spiro atoms. The average Bonchev–Trinajstić information content (AvgIpc) is 3.89. The molecular weight excluding hydrogens is 802 g/mol. The number of hydrogen-bond donors (Lipinski definition) is 0. The Labute approximate surface area is 350 Å². The Kier molecular flexibility index (Phi) is 11.7. The zero-order valence-corrected chi connectivity index (χ0v) is 33.7. The van der Waals surface area contributed by atoms with Crippen LogP contribution < -0.4 is 28.9 Å². The Morgan fingerprint density at radius 2 is 0.842 bits per heavy atom. The Balaban J connectivity index is 0.00000496. The molecule has 2 heterocycles. The molecule has 11 heteroatoms. The minimum absolute atomic E-state index is 0. The van der Waals surface area contributed by atoms with Gasteiger partial charge in [-0.25, -0.2) is 0 Å². The van der Waals surface area contributed by atoms with E-state index in [1.807, 2.05) is 122 Å². The van der Waals surface area contributed by atoms with Crippen LogP contribution in [0.5, 0.6) is 23.0 Å². The number of ether oxygens (including phenoxy) is 4. The average molecular weight is 836 g/mol. The van der Waals surface area contributed by atoms with E-state index in [2.05, 4.69) is 0 Å². The fourth-order valence-electron chi connectivity index (χ4n) is 6.95. The molecule has 8 aromatic rings. The van der Waals surface area contributed by atoms with Gasteiger partial charge in [0.1, 0.15) is 23.0 Å². The number of methoxy groups -OCH3 is 4. The summed E-state index contributed by atoms with van der Waals surface area (Å²) in [6.07, 6.45) is 7.26. The van der Waals surface area contributed by atoms with E-state index in [4.69, 9.17) is 62.1 Å². The van der Waals surface area contributed by atoms with Crippen LogP contribution >= 0.6 is 23.2 Å². The standard InChI is InChI=1S/C46H34Cl2N4O4.Ni/c1-53-39-21-41(55-3)43-33(27-13-17-29(47)18-14-27)23-51-45(43)35(39)25-49-37-11-7-5-9-31(37)32-10-6-8-12-38(32)50-26-36-40(54-2)22-42(56-4)44-34(24-52-46(36)44)28-15-19-30(48)20-16-28;/h5-26H,1-4H3;/q-2;+2. The molecule has 286 valence electrons. The first-order valence-electron chi connectivity index (χ1n) is 17.6. The van der Waals surface area contributed by atoms with Gasteiger partial charge in [0.25, 0.3) is 0 Å². The summed E-state index contributed by atoms with van der Waals surface area (Å²) in [5, 5.41) is 3.02. The number of nitrogens with zero attached hydrogens (tertiary/aromatic N) is 4. The normalized spacial score (nSPS) is 11.4. The van der Waals surface area contributed by atoms with Gasteiger partial charge in [-0.15, -0.1) is 11.0 Å². The van der Waals surface area contributed by atoms with Crippen molar-refractivity contribution in [2.24, 2.45) is 9.98 Å². The topological polar surface area (TPSA) is 89.8 Å². The molecule has 0 aliphatic carbocycles. The smallest absolute Gasteiger partial charge is 0.662 e.